The standard InChI is InChI=1S/C21H25FN4O2/c1-13-10-26(11-14(2)28-13)20-18-12-25(9-8-19(18)23-15(3)24-20)21(27)16-4-6-17(22)7-5-16/h4-7,13-14H,8-12H2,1-3H3/t13-,14-/m1/s1. The second-order valence-corrected chi connectivity index (χ2v) is 7.67. The molecule has 2 aliphatic heterocycles. The lowest BCUT2D eigenvalue weighted by Crippen LogP contribution is -2.47. The Morgan fingerprint density at radius 2 is 1.82 bits per heavy atom. The predicted octanol–water partition coefficient (Wildman–Crippen LogP) is 2.74. The largest absolute Gasteiger partial charge is 0.372 e. The molecule has 148 valence electrons. The number of amides is 1. The number of nitrogens with zero attached hydrogens (tertiary/aromatic N) is 4. The third-order valence-corrected chi connectivity index (χ3v) is 5.25. The second-order valence-electron chi connectivity index (χ2n) is 7.67. The van der Waals surface area contributed by atoms with Crippen molar-refractivity contribution in [2.24, 2.45) is 0 Å². The van der Waals surface area contributed by atoms with Gasteiger partial charge in [-0.1, -0.05) is 0 Å². The highest BCUT2D eigenvalue weighted by molar-refractivity contribution is 5.94. The van der Waals surface area contributed by atoms with Crippen LogP contribution in [0, 0.1) is 12.7 Å². The van der Waals surface area contributed by atoms with Crippen molar-refractivity contribution in [1.82, 2.24) is 14.9 Å². The zero-order valence-electron chi connectivity index (χ0n) is 16.5. The van der Waals surface area contributed by atoms with E-state index >= 15 is 0 Å². The van der Waals surface area contributed by atoms with Crippen LogP contribution in [0.2, 0.25) is 0 Å². The van der Waals surface area contributed by atoms with Gasteiger partial charge < -0.3 is 14.5 Å². The summed E-state index contributed by atoms with van der Waals surface area (Å²) in [5.41, 5.74) is 2.51. The summed E-state index contributed by atoms with van der Waals surface area (Å²) in [5.74, 6) is 1.21. The number of ether oxygens (including phenoxy) is 1. The molecule has 2 atom stereocenters. The fourth-order valence-corrected chi connectivity index (χ4v) is 4.08. The Hall–Kier alpha value is -2.54. The van der Waals surface area contributed by atoms with Gasteiger partial charge in [-0.25, -0.2) is 14.4 Å². The fraction of sp³-hybridized carbons (Fsp3) is 0.476. The van der Waals surface area contributed by atoms with Crippen molar-refractivity contribution in [2.75, 3.05) is 24.5 Å². The SMILES string of the molecule is Cc1nc2c(c(N3C[C@@H](C)O[C@H](C)C3)n1)CN(C(=O)c1ccc(F)cc1)CC2. The van der Waals surface area contributed by atoms with Gasteiger partial charge in [-0.15, -0.1) is 0 Å². The maximum atomic E-state index is 13.2. The van der Waals surface area contributed by atoms with E-state index in [4.69, 9.17) is 9.72 Å². The van der Waals surface area contributed by atoms with Crippen molar-refractivity contribution >= 4 is 11.7 Å². The predicted molar refractivity (Wildman–Crippen MR) is 104 cm³/mol. The molecule has 1 aromatic carbocycles. The third kappa shape index (κ3) is 3.71. The highest BCUT2D eigenvalue weighted by Gasteiger charge is 2.30. The number of aromatic nitrogens is 2. The Bertz CT molecular complexity index is 877. The minimum Gasteiger partial charge on any atom is -0.372 e. The molecule has 28 heavy (non-hydrogen) atoms. The number of aryl methyl sites for hydroxylation is 1. The lowest BCUT2D eigenvalue weighted by molar-refractivity contribution is -0.00560. The van der Waals surface area contributed by atoms with Crippen LogP contribution in [0.15, 0.2) is 24.3 Å². The molecule has 1 amide bonds. The molecule has 3 heterocycles. The summed E-state index contributed by atoms with van der Waals surface area (Å²) in [5, 5.41) is 0. The van der Waals surface area contributed by atoms with Gasteiger partial charge in [-0.3, -0.25) is 4.79 Å². The summed E-state index contributed by atoms with van der Waals surface area (Å²) in [6.45, 7) is 8.61. The average Bonchev–Trinajstić information content (AvgIpc) is 2.66. The van der Waals surface area contributed by atoms with Crippen molar-refractivity contribution in [3.05, 3.63) is 52.7 Å². The van der Waals surface area contributed by atoms with Crippen molar-refractivity contribution in [2.45, 2.75) is 45.9 Å². The van der Waals surface area contributed by atoms with Gasteiger partial charge in [0.2, 0.25) is 0 Å². The Kier molecular flexibility index (Phi) is 5.02. The normalized spacial score (nSPS) is 22.1. The first-order valence-electron chi connectivity index (χ1n) is 9.72. The van der Waals surface area contributed by atoms with E-state index in [2.05, 4.69) is 23.7 Å². The monoisotopic (exact) mass is 384 g/mol. The molecular weight excluding hydrogens is 359 g/mol. The zero-order valence-corrected chi connectivity index (χ0v) is 16.5. The molecule has 0 saturated carbocycles. The molecular formula is C21H25FN4O2. The first kappa shape index (κ1) is 18.8. The highest BCUT2D eigenvalue weighted by Crippen LogP contribution is 2.29. The van der Waals surface area contributed by atoms with E-state index in [0.29, 0.717) is 25.1 Å². The van der Waals surface area contributed by atoms with Crippen molar-refractivity contribution in [3.8, 4) is 0 Å². The Morgan fingerprint density at radius 1 is 1.14 bits per heavy atom. The van der Waals surface area contributed by atoms with E-state index in [-0.39, 0.29) is 23.9 Å². The summed E-state index contributed by atoms with van der Waals surface area (Å²) in [7, 11) is 0. The number of hydrogen-bond donors (Lipinski definition) is 0. The lowest BCUT2D eigenvalue weighted by atomic mass is 10.0. The van der Waals surface area contributed by atoms with Crippen LogP contribution in [0.25, 0.3) is 0 Å². The maximum Gasteiger partial charge on any atom is 0.254 e. The number of carbonyl (C=O) groups is 1. The van der Waals surface area contributed by atoms with Gasteiger partial charge >= 0.3 is 0 Å². The van der Waals surface area contributed by atoms with E-state index < -0.39 is 0 Å². The van der Waals surface area contributed by atoms with E-state index in [1.165, 1.54) is 24.3 Å². The van der Waals surface area contributed by atoms with Crippen LogP contribution in [-0.2, 0) is 17.7 Å². The molecule has 0 unspecified atom stereocenters. The summed E-state index contributed by atoms with van der Waals surface area (Å²) >= 11 is 0. The average molecular weight is 384 g/mol. The smallest absolute Gasteiger partial charge is 0.254 e. The molecule has 2 aliphatic rings. The topological polar surface area (TPSA) is 58.6 Å². The molecule has 2 aromatic rings. The molecule has 0 N–H and O–H groups in total. The maximum absolute atomic E-state index is 13.2. The number of carbonyl (C=O) groups excluding carboxylic acids is 1. The number of anilines is 1. The summed E-state index contributed by atoms with van der Waals surface area (Å²) < 4.78 is 19.1. The van der Waals surface area contributed by atoms with E-state index in [0.717, 1.165) is 36.0 Å². The van der Waals surface area contributed by atoms with Crippen LogP contribution in [-0.4, -0.2) is 52.6 Å². The fourth-order valence-electron chi connectivity index (χ4n) is 4.08. The molecule has 7 heteroatoms. The Labute approximate surface area is 164 Å². The quantitative estimate of drug-likeness (QED) is 0.797. The van der Waals surface area contributed by atoms with Crippen LogP contribution in [0.1, 0.15) is 41.3 Å². The minimum atomic E-state index is -0.345. The molecule has 0 spiro atoms. The number of halogens is 1. The number of benzene rings is 1. The number of morpholine rings is 1. The van der Waals surface area contributed by atoms with E-state index in [9.17, 15) is 9.18 Å². The molecule has 0 aliphatic carbocycles. The number of fused-ring (bicyclic) bond motifs is 1. The van der Waals surface area contributed by atoms with Crippen LogP contribution in [0.5, 0.6) is 0 Å². The van der Waals surface area contributed by atoms with Gasteiger partial charge in [0.15, 0.2) is 0 Å². The molecule has 4 rings (SSSR count). The summed E-state index contributed by atoms with van der Waals surface area (Å²) in [4.78, 5) is 26.3. The number of rotatable bonds is 2. The molecule has 0 bridgehead atoms. The molecule has 1 fully saturated rings. The van der Waals surface area contributed by atoms with Crippen LogP contribution in [0.3, 0.4) is 0 Å². The highest BCUT2D eigenvalue weighted by atomic mass is 19.1. The van der Waals surface area contributed by atoms with E-state index in [1.54, 1.807) is 4.90 Å². The van der Waals surface area contributed by atoms with Gasteiger partial charge in [0.05, 0.1) is 24.4 Å². The van der Waals surface area contributed by atoms with Crippen molar-refractivity contribution in [3.63, 3.8) is 0 Å². The third-order valence-electron chi connectivity index (χ3n) is 5.25. The van der Waals surface area contributed by atoms with Gasteiger partial charge in [0, 0.05) is 37.2 Å². The van der Waals surface area contributed by atoms with Gasteiger partial charge in [0.1, 0.15) is 17.5 Å². The lowest BCUT2D eigenvalue weighted by Gasteiger charge is -2.38. The van der Waals surface area contributed by atoms with Crippen LogP contribution >= 0.6 is 0 Å². The molecule has 0 radical (unpaired) electrons. The van der Waals surface area contributed by atoms with Crippen molar-refractivity contribution < 1.29 is 13.9 Å². The van der Waals surface area contributed by atoms with Crippen LogP contribution < -0.4 is 4.90 Å². The van der Waals surface area contributed by atoms with Gasteiger partial charge in [0.25, 0.3) is 5.91 Å². The number of hydrogen-bond acceptors (Lipinski definition) is 5. The molecule has 6 nitrogen and oxygen atoms in total. The molecule has 1 aromatic heterocycles. The second kappa shape index (κ2) is 7.47. The Morgan fingerprint density at radius 3 is 2.50 bits per heavy atom. The van der Waals surface area contributed by atoms with Crippen molar-refractivity contribution in [1.29, 1.82) is 0 Å². The zero-order chi connectivity index (χ0) is 19.8. The first-order valence-corrected chi connectivity index (χ1v) is 9.72. The Balaban J connectivity index is 1.63. The minimum absolute atomic E-state index is 0.0964. The van der Waals surface area contributed by atoms with Gasteiger partial charge in [-0.2, -0.15) is 0 Å². The summed E-state index contributed by atoms with van der Waals surface area (Å²) in [6, 6.07) is 5.70. The first-order chi connectivity index (χ1) is 13.4. The van der Waals surface area contributed by atoms with E-state index in [1.807, 2.05) is 6.92 Å². The molecule has 1 saturated heterocycles. The van der Waals surface area contributed by atoms with Crippen LogP contribution in [0.4, 0.5) is 10.2 Å². The summed E-state index contributed by atoms with van der Waals surface area (Å²) in [6.07, 6.45) is 0.930. The van der Waals surface area contributed by atoms with Gasteiger partial charge in [-0.05, 0) is 45.0 Å².